The van der Waals surface area contributed by atoms with E-state index < -0.39 is 0 Å². The van der Waals surface area contributed by atoms with Crippen LogP contribution in [0.25, 0.3) is 11.0 Å². The first-order valence-electron chi connectivity index (χ1n) is 7.28. The molecule has 5 heteroatoms. The van der Waals surface area contributed by atoms with Crippen LogP contribution in [0.15, 0.2) is 15.0 Å². The highest BCUT2D eigenvalue weighted by molar-refractivity contribution is 9.10. The van der Waals surface area contributed by atoms with Gasteiger partial charge in [-0.1, -0.05) is 37.0 Å². The fourth-order valence-corrected chi connectivity index (χ4v) is 3.69. The Hall–Kier alpha value is -0.220. The Kier molecular flexibility index (Phi) is 4.56. The summed E-state index contributed by atoms with van der Waals surface area (Å²) in [5.74, 6) is 2.15. The third kappa shape index (κ3) is 3.12. The van der Waals surface area contributed by atoms with Gasteiger partial charge in [-0.2, -0.15) is 0 Å². The van der Waals surface area contributed by atoms with Crippen molar-refractivity contribution in [3.63, 3.8) is 0 Å². The van der Waals surface area contributed by atoms with Crippen LogP contribution >= 0.6 is 39.1 Å². The van der Waals surface area contributed by atoms with Crippen molar-refractivity contribution in [2.75, 3.05) is 6.54 Å². The molecule has 0 aliphatic heterocycles. The van der Waals surface area contributed by atoms with Crippen LogP contribution < -0.4 is 5.32 Å². The Morgan fingerprint density at radius 3 is 2.71 bits per heavy atom. The largest absolute Gasteiger partial charge is 0.458 e. The second kappa shape index (κ2) is 6.11. The molecule has 1 N–H and O–H groups in total. The van der Waals surface area contributed by atoms with Gasteiger partial charge in [-0.05, 0) is 53.2 Å². The Morgan fingerprint density at radius 1 is 1.38 bits per heavy atom. The second-order valence-corrected chi connectivity index (χ2v) is 7.74. The van der Waals surface area contributed by atoms with Crippen LogP contribution in [0.2, 0.25) is 10.0 Å². The Labute approximate surface area is 143 Å². The van der Waals surface area contributed by atoms with Gasteiger partial charge in [-0.3, -0.25) is 0 Å². The SMILES string of the molecule is CC(C)CNCc1oc2c(Cl)cc(Br)c(Cl)c2c1C1CC1. The zero-order chi connectivity index (χ0) is 15.1. The summed E-state index contributed by atoms with van der Waals surface area (Å²) >= 11 is 16.3. The first-order chi connectivity index (χ1) is 9.99. The Morgan fingerprint density at radius 2 is 2.10 bits per heavy atom. The van der Waals surface area contributed by atoms with Gasteiger partial charge < -0.3 is 9.73 Å². The minimum atomic E-state index is 0.560. The smallest absolute Gasteiger partial charge is 0.154 e. The third-order valence-electron chi connectivity index (χ3n) is 3.75. The van der Waals surface area contributed by atoms with E-state index in [-0.39, 0.29) is 0 Å². The molecule has 114 valence electrons. The van der Waals surface area contributed by atoms with Gasteiger partial charge in [0, 0.05) is 15.4 Å². The predicted molar refractivity (Wildman–Crippen MR) is 92.5 cm³/mol. The normalized spacial score (nSPS) is 15.3. The zero-order valence-electron chi connectivity index (χ0n) is 12.1. The lowest BCUT2D eigenvalue weighted by molar-refractivity contribution is 0.481. The molecular formula is C16H18BrCl2NO. The van der Waals surface area contributed by atoms with Crippen LogP contribution in [-0.4, -0.2) is 6.54 Å². The van der Waals surface area contributed by atoms with Gasteiger partial charge in [0.25, 0.3) is 0 Å². The summed E-state index contributed by atoms with van der Waals surface area (Å²) in [5, 5.41) is 5.75. The van der Waals surface area contributed by atoms with Crippen LogP contribution in [0.4, 0.5) is 0 Å². The van der Waals surface area contributed by atoms with E-state index in [0.717, 1.165) is 28.7 Å². The molecule has 1 fully saturated rings. The number of furan rings is 1. The Bertz CT molecular complexity index is 677. The maximum atomic E-state index is 6.49. The Balaban J connectivity index is 2.05. The first kappa shape index (κ1) is 15.7. The van der Waals surface area contributed by atoms with Crippen molar-refractivity contribution < 1.29 is 4.42 Å². The molecule has 0 atom stereocenters. The number of nitrogens with one attached hydrogen (secondary N) is 1. The molecule has 0 amide bonds. The number of rotatable bonds is 5. The lowest BCUT2D eigenvalue weighted by atomic mass is 10.1. The molecule has 1 saturated carbocycles. The minimum absolute atomic E-state index is 0.560. The molecule has 0 radical (unpaired) electrons. The van der Waals surface area contributed by atoms with Crippen molar-refractivity contribution in [2.45, 2.75) is 39.2 Å². The number of hydrogen-bond donors (Lipinski definition) is 1. The average molecular weight is 391 g/mol. The summed E-state index contributed by atoms with van der Waals surface area (Å²) in [7, 11) is 0. The third-order valence-corrected chi connectivity index (χ3v) is 5.27. The molecule has 2 aromatic rings. The van der Waals surface area contributed by atoms with E-state index in [0.29, 0.717) is 27.5 Å². The quantitative estimate of drug-likeness (QED) is 0.621. The van der Waals surface area contributed by atoms with Crippen LogP contribution in [0.3, 0.4) is 0 Å². The van der Waals surface area contributed by atoms with Crippen LogP contribution in [0.1, 0.15) is 43.9 Å². The van der Waals surface area contributed by atoms with Crippen molar-refractivity contribution in [2.24, 2.45) is 5.92 Å². The highest BCUT2D eigenvalue weighted by Crippen LogP contribution is 2.50. The van der Waals surface area contributed by atoms with Crippen LogP contribution in [-0.2, 0) is 6.54 Å². The van der Waals surface area contributed by atoms with Gasteiger partial charge in [0.15, 0.2) is 5.58 Å². The molecule has 1 heterocycles. The molecule has 1 aliphatic rings. The van der Waals surface area contributed by atoms with E-state index in [1.807, 2.05) is 0 Å². The maximum absolute atomic E-state index is 6.49. The van der Waals surface area contributed by atoms with E-state index in [4.69, 9.17) is 27.6 Å². The van der Waals surface area contributed by atoms with Gasteiger partial charge in [-0.15, -0.1) is 0 Å². The van der Waals surface area contributed by atoms with Crippen molar-refractivity contribution in [3.05, 3.63) is 31.9 Å². The highest BCUT2D eigenvalue weighted by atomic mass is 79.9. The van der Waals surface area contributed by atoms with Crippen LogP contribution in [0.5, 0.6) is 0 Å². The molecule has 3 rings (SSSR count). The standard InChI is InChI=1S/C16H18BrCl2NO/c1-8(2)6-20-7-12-13(9-3-4-9)14-15(19)10(17)5-11(18)16(14)21-12/h5,8-9,20H,3-4,6-7H2,1-2H3. The van der Waals surface area contributed by atoms with E-state index >= 15 is 0 Å². The summed E-state index contributed by atoms with van der Waals surface area (Å²) < 4.78 is 6.87. The lowest BCUT2D eigenvalue weighted by Crippen LogP contribution is -2.19. The fraction of sp³-hybridized carbons (Fsp3) is 0.500. The number of fused-ring (bicyclic) bond motifs is 1. The number of benzene rings is 1. The molecule has 1 aromatic carbocycles. The predicted octanol–water partition coefficient (Wildman–Crippen LogP) is 6.13. The van der Waals surface area contributed by atoms with Crippen LogP contribution in [0, 0.1) is 5.92 Å². The highest BCUT2D eigenvalue weighted by Gasteiger charge is 2.32. The molecule has 0 bridgehead atoms. The summed E-state index contributed by atoms with van der Waals surface area (Å²) in [4.78, 5) is 0. The molecule has 1 aromatic heterocycles. The summed E-state index contributed by atoms with van der Waals surface area (Å²) in [6, 6.07) is 1.80. The topological polar surface area (TPSA) is 25.2 Å². The first-order valence-corrected chi connectivity index (χ1v) is 8.83. The minimum Gasteiger partial charge on any atom is -0.458 e. The molecule has 1 aliphatic carbocycles. The van der Waals surface area contributed by atoms with Gasteiger partial charge in [-0.25, -0.2) is 0 Å². The molecule has 0 saturated heterocycles. The van der Waals surface area contributed by atoms with Crippen molar-refractivity contribution in [3.8, 4) is 0 Å². The second-order valence-electron chi connectivity index (χ2n) is 6.10. The molecular weight excluding hydrogens is 373 g/mol. The molecule has 21 heavy (non-hydrogen) atoms. The lowest BCUT2D eigenvalue weighted by Gasteiger charge is -2.07. The van der Waals surface area contributed by atoms with Gasteiger partial charge in [0.2, 0.25) is 0 Å². The zero-order valence-corrected chi connectivity index (χ0v) is 15.2. The van der Waals surface area contributed by atoms with E-state index in [2.05, 4.69) is 35.1 Å². The number of halogens is 3. The van der Waals surface area contributed by atoms with Crippen molar-refractivity contribution in [1.29, 1.82) is 0 Å². The molecule has 0 spiro atoms. The summed E-state index contributed by atoms with van der Waals surface area (Å²) in [5.41, 5.74) is 1.96. The van der Waals surface area contributed by atoms with E-state index in [1.165, 1.54) is 18.4 Å². The average Bonchev–Trinajstić information content (AvgIpc) is 3.17. The maximum Gasteiger partial charge on any atom is 0.154 e. The van der Waals surface area contributed by atoms with Crippen molar-refractivity contribution >= 4 is 50.1 Å². The monoisotopic (exact) mass is 389 g/mol. The molecule has 0 unspecified atom stereocenters. The van der Waals surface area contributed by atoms with Gasteiger partial charge in [0.05, 0.1) is 16.6 Å². The number of hydrogen-bond acceptors (Lipinski definition) is 2. The van der Waals surface area contributed by atoms with Gasteiger partial charge in [0.1, 0.15) is 5.76 Å². The van der Waals surface area contributed by atoms with E-state index in [9.17, 15) is 0 Å². The summed E-state index contributed by atoms with van der Waals surface area (Å²) in [6.07, 6.45) is 2.40. The van der Waals surface area contributed by atoms with Crippen molar-refractivity contribution in [1.82, 2.24) is 5.32 Å². The summed E-state index contributed by atoms with van der Waals surface area (Å²) in [6.45, 7) is 6.08. The molecule has 2 nitrogen and oxygen atoms in total. The van der Waals surface area contributed by atoms with Gasteiger partial charge >= 0.3 is 0 Å². The fourth-order valence-electron chi connectivity index (χ4n) is 2.65. The van der Waals surface area contributed by atoms with E-state index in [1.54, 1.807) is 6.07 Å².